The summed E-state index contributed by atoms with van der Waals surface area (Å²) in [5.41, 5.74) is 1.15. The molecule has 0 aromatic heterocycles. The van der Waals surface area contributed by atoms with Crippen molar-refractivity contribution < 1.29 is 9.84 Å². The minimum atomic E-state index is -0.419. The number of hydrogen-bond acceptors (Lipinski definition) is 4. The van der Waals surface area contributed by atoms with Gasteiger partial charge in [-0.3, -0.25) is 0 Å². The first-order valence-corrected chi connectivity index (χ1v) is 7.94. The molecule has 4 heteroatoms. The van der Waals surface area contributed by atoms with E-state index in [0.29, 0.717) is 19.8 Å². The van der Waals surface area contributed by atoms with Gasteiger partial charge in [-0.15, -0.1) is 0 Å². The number of aliphatic hydroxyl groups is 1. The third kappa shape index (κ3) is 6.57. The maximum Gasteiger partial charge on any atom is 0.0900 e. The summed E-state index contributed by atoms with van der Waals surface area (Å²) < 4.78 is 5.57. The van der Waals surface area contributed by atoms with Crippen LogP contribution >= 0.6 is 0 Å². The van der Waals surface area contributed by atoms with Gasteiger partial charge in [-0.1, -0.05) is 30.3 Å². The fourth-order valence-corrected chi connectivity index (χ4v) is 2.71. The van der Waals surface area contributed by atoms with Crippen LogP contribution in [-0.4, -0.2) is 67.4 Å². The molecule has 0 amide bonds. The minimum absolute atomic E-state index is 0.392. The summed E-state index contributed by atoms with van der Waals surface area (Å²) >= 11 is 0. The van der Waals surface area contributed by atoms with E-state index in [1.165, 1.54) is 25.9 Å². The highest BCUT2D eigenvalue weighted by Crippen LogP contribution is 2.06. The molecule has 1 fully saturated rings. The van der Waals surface area contributed by atoms with Crippen LogP contribution in [0, 0.1) is 0 Å². The van der Waals surface area contributed by atoms with E-state index in [9.17, 15) is 5.11 Å². The lowest BCUT2D eigenvalue weighted by molar-refractivity contribution is 0.0129. The Kier molecular flexibility index (Phi) is 7.16. The summed E-state index contributed by atoms with van der Waals surface area (Å²) in [7, 11) is 2.07. The van der Waals surface area contributed by atoms with E-state index in [-0.39, 0.29) is 0 Å². The van der Waals surface area contributed by atoms with Crippen LogP contribution in [0.3, 0.4) is 0 Å². The lowest BCUT2D eigenvalue weighted by atomic mass is 10.2. The third-order valence-electron chi connectivity index (χ3n) is 3.94. The van der Waals surface area contributed by atoms with Crippen molar-refractivity contribution in [2.45, 2.75) is 25.6 Å². The zero-order valence-electron chi connectivity index (χ0n) is 13.1. The lowest BCUT2D eigenvalue weighted by Gasteiger charge is -2.23. The molecule has 0 aliphatic carbocycles. The highest BCUT2D eigenvalue weighted by molar-refractivity contribution is 5.13. The molecular weight excluding hydrogens is 264 g/mol. The summed E-state index contributed by atoms with van der Waals surface area (Å²) in [4.78, 5) is 4.68. The molecule has 118 valence electrons. The molecule has 1 N–H and O–H groups in total. The number of likely N-dealkylation sites (tertiary alicyclic amines) is 1. The molecular formula is C17H28N2O2. The van der Waals surface area contributed by atoms with Crippen LogP contribution in [0.4, 0.5) is 0 Å². The lowest BCUT2D eigenvalue weighted by Crippen LogP contribution is -2.37. The first-order valence-electron chi connectivity index (χ1n) is 7.94. The predicted octanol–water partition coefficient (Wildman–Crippen LogP) is 1.59. The van der Waals surface area contributed by atoms with Crippen LogP contribution in [-0.2, 0) is 11.3 Å². The van der Waals surface area contributed by atoms with Gasteiger partial charge >= 0.3 is 0 Å². The molecule has 2 rings (SSSR count). The maximum atomic E-state index is 10.0. The Balaban J connectivity index is 1.54. The molecule has 0 saturated carbocycles. The van der Waals surface area contributed by atoms with Gasteiger partial charge in [0.1, 0.15) is 0 Å². The monoisotopic (exact) mass is 292 g/mol. The van der Waals surface area contributed by atoms with Crippen LogP contribution in [0.1, 0.15) is 18.4 Å². The molecule has 0 spiro atoms. The molecule has 1 atom stereocenters. The van der Waals surface area contributed by atoms with Crippen LogP contribution in [0.25, 0.3) is 0 Å². The van der Waals surface area contributed by atoms with E-state index in [2.05, 4.69) is 16.8 Å². The Morgan fingerprint density at radius 3 is 2.67 bits per heavy atom. The first kappa shape index (κ1) is 16.4. The van der Waals surface area contributed by atoms with Crippen LogP contribution in [0.15, 0.2) is 30.3 Å². The van der Waals surface area contributed by atoms with E-state index in [0.717, 1.165) is 18.7 Å². The fourth-order valence-electron chi connectivity index (χ4n) is 2.71. The number of likely N-dealkylation sites (N-methyl/N-ethyl adjacent to an activating group) is 1. The molecule has 1 unspecified atom stereocenters. The number of nitrogens with zero attached hydrogens (tertiary/aromatic N) is 2. The number of rotatable bonds is 9. The Labute approximate surface area is 128 Å². The zero-order valence-corrected chi connectivity index (χ0v) is 13.1. The largest absolute Gasteiger partial charge is 0.389 e. The Hall–Kier alpha value is -0.940. The number of benzene rings is 1. The Bertz CT molecular complexity index is 380. The molecule has 1 aliphatic heterocycles. The van der Waals surface area contributed by atoms with Gasteiger partial charge in [0.25, 0.3) is 0 Å². The summed E-state index contributed by atoms with van der Waals surface area (Å²) in [5.74, 6) is 0. The smallest absolute Gasteiger partial charge is 0.0900 e. The van der Waals surface area contributed by atoms with E-state index >= 15 is 0 Å². The van der Waals surface area contributed by atoms with Gasteiger partial charge in [0.15, 0.2) is 0 Å². The number of hydrogen-bond donors (Lipinski definition) is 1. The highest BCUT2D eigenvalue weighted by atomic mass is 16.5. The topological polar surface area (TPSA) is 35.9 Å². The average Bonchev–Trinajstić information content (AvgIpc) is 2.99. The van der Waals surface area contributed by atoms with Gasteiger partial charge in [-0.2, -0.15) is 0 Å². The molecule has 1 saturated heterocycles. The second-order valence-electron chi connectivity index (χ2n) is 5.97. The van der Waals surface area contributed by atoms with Crippen molar-refractivity contribution in [3.05, 3.63) is 35.9 Å². The van der Waals surface area contributed by atoms with Crippen molar-refractivity contribution in [3.8, 4) is 0 Å². The van der Waals surface area contributed by atoms with Gasteiger partial charge < -0.3 is 19.6 Å². The minimum Gasteiger partial charge on any atom is -0.389 e. The molecule has 0 radical (unpaired) electrons. The summed E-state index contributed by atoms with van der Waals surface area (Å²) in [6, 6.07) is 10.1. The van der Waals surface area contributed by atoms with Crippen LogP contribution in [0.2, 0.25) is 0 Å². The van der Waals surface area contributed by atoms with Gasteiger partial charge in [0.2, 0.25) is 0 Å². The molecule has 4 nitrogen and oxygen atoms in total. The van der Waals surface area contributed by atoms with Crippen molar-refractivity contribution in [1.29, 1.82) is 0 Å². The second-order valence-corrected chi connectivity index (χ2v) is 5.97. The summed E-state index contributed by atoms with van der Waals surface area (Å²) in [6.07, 6.45) is 2.25. The van der Waals surface area contributed by atoms with Crippen LogP contribution in [0.5, 0.6) is 0 Å². The van der Waals surface area contributed by atoms with Gasteiger partial charge in [0, 0.05) is 19.6 Å². The normalized spacial score (nSPS) is 17.5. The summed E-state index contributed by atoms with van der Waals surface area (Å²) in [5, 5.41) is 10.0. The molecule has 1 heterocycles. The molecule has 0 bridgehead atoms. The van der Waals surface area contributed by atoms with E-state index in [4.69, 9.17) is 4.74 Å². The Morgan fingerprint density at radius 2 is 1.95 bits per heavy atom. The summed E-state index contributed by atoms with van der Waals surface area (Å²) in [6.45, 7) is 6.21. The van der Waals surface area contributed by atoms with Crippen molar-refractivity contribution >= 4 is 0 Å². The SMILES string of the molecule is CN(CCN1CCCC1)CC(O)COCc1ccccc1. The quantitative estimate of drug-likeness (QED) is 0.750. The molecule has 1 aromatic rings. The second kappa shape index (κ2) is 9.15. The standard InChI is InChI=1S/C17H28N2O2/c1-18(11-12-19-9-5-6-10-19)13-17(20)15-21-14-16-7-3-2-4-8-16/h2-4,7-8,17,20H,5-6,9-15H2,1H3. The number of aliphatic hydroxyl groups excluding tert-OH is 1. The molecule has 21 heavy (non-hydrogen) atoms. The van der Waals surface area contributed by atoms with E-state index < -0.39 is 6.10 Å². The average molecular weight is 292 g/mol. The first-order chi connectivity index (χ1) is 10.2. The fraction of sp³-hybridized carbons (Fsp3) is 0.647. The van der Waals surface area contributed by atoms with Crippen LogP contribution < -0.4 is 0 Å². The van der Waals surface area contributed by atoms with Gasteiger partial charge in [-0.25, -0.2) is 0 Å². The van der Waals surface area contributed by atoms with Crippen molar-refractivity contribution in [2.75, 3.05) is 46.4 Å². The Morgan fingerprint density at radius 1 is 1.24 bits per heavy atom. The third-order valence-corrected chi connectivity index (χ3v) is 3.94. The number of ether oxygens (including phenoxy) is 1. The van der Waals surface area contributed by atoms with Gasteiger partial charge in [-0.05, 0) is 38.5 Å². The predicted molar refractivity (Wildman–Crippen MR) is 85.3 cm³/mol. The van der Waals surface area contributed by atoms with E-state index in [1.807, 2.05) is 30.3 Å². The maximum absolute atomic E-state index is 10.0. The molecule has 1 aromatic carbocycles. The zero-order chi connectivity index (χ0) is 14.9. The highest BCUT2D eigenvalue weighted by Gasteiger charge is 2.13. The van der Waals surface area contributed by atoms with Crippen molar-refractivity contribution in [1.82, 2.24) is 9.80 Å². The van der Waals surface area contributed by atoms with Crippen molar-refractivity contribution in [2.24, 2.45) is 0 Å². The van der Waals surface area contributed by atoms with E-state index in [1.54, 1.807) is 0 Å². The van der Waals surface area contributed by atoms with Crippen molar-refractivity contribution in [3.63, 3.8) is 0 Å². The molecule has 1 aliphatic rings. The van der Waals surface area contributed by atoms with Gasteiger partial charge in [0.05, 0.1) is 19.3 Å².